The molecule has 0 saturated heterocycles. The summed E-state index contributed by atoms with van der Waals surface area (Å²) in [6.07, 6.45) is 0. The number of hydrogen-bond acceptors (Lipinski definition) is 3. The summed E-state index contributed by atoms with van der Waals surface area (Å²) in [5.74, 6) is 0. The normalized spacial score (nSPS) is 11.5. The first kappa shape index (κ1) is 33.1. The van der Waals surface area contributed by atoms with Crippen LogP contribution in [0.5, 0.6) is 0 Å². The molecule has 0 radical (unpaired) electrons. The van der Waals surface area contributed by atoms with Gasteiger partial charge >= 0.3 is 0 Å². The van der Waals surface area contributed by atoms with E-state index in [4.69, 9.17) is 4.98 Å². The first-order chi connectivity index (χ1) is 28.2. The number of hydrogen-bond donors (Lipinski definition) is 0. The lowest BCUT2D eigenvalue weighted by Gasteiger charge is -2.26. The van der Waals surface area contributed by atoms with Crippen LogP contribution in [0.15, 0.2) is 212 Å². The second-order valence-electron chi connectivity index (χ2n) is 14.4. The maximum atomic E-state index is 4.97. The molecule has 0 unspecified atom stereocenters. The van der Waals surface area contributed by atoms with Gasteiger partial charge in [0.1, 0.15) is 0 Å². The van der Waals surface area contributed by atoms with Gasteiger partial charge in [-0.25, -0.2) is 4.98 Å². The number of anilines is 3. The largest absolute Gasteiger partial charge is 0.310 e. The second-order valence-corrected chi connectivity index (χ2v) is 15.5. The van der Waals surface area contributed by atoms with Crippen molar-refractivity contribution in [3.05, 3.63) is 212 Å². The Kier molecular flexibility index (Phi) is 8.01. The molecule has 0 bridgehead atoms. The fourth-order valence-corrected chi connectivity index (χ4v) is 9.42. The molecule has 0 aliphatic carbocycles. The van der Waals surface area contributed by atoms with E-state index in [0.717, 1.165) is 50.5 Å². The minimum absolute atomic E-state index is 0.963. The highest BCUT2D eigenvalue weighted by Crippen LogP contribution is 2.43. The van der Waals surface area contributed by atoms with Crippen LogP contribution in [0.25, 0.3) is 81.3 Å². The minimum atomic E-state index is 0.963. The van der Waals surface area contributed by atoms with E-state index in [1.807, 2.05) is 17.4 Å². The van der Waals surface area contributed by atoms with Gasteiger partial charge in [0.05, 0.1) is 26.9 Å². The highest BCUT2D eigenvalue weighted by molar-refractivity contribution is 7.26. The average Bonchev–Trinajstić information content (AvgIpc) is 3.82. The molecule has 57 heavy (non-hydrogen) atoms. The monoisotopic (exact) mass is 745 g/mol. The Hall–Kier alpha value is -7.27. The summed E-state index contributed by atoms with van der Waals surface area (Å²) in [7, 11) is 0. The second kappa shape index (κ2) is 13.8. The Morgan fingerprint density at radius 2 is 1.04 bits per heavy atom. The number of aromatic nitrogens is 2. The van der Waals surface area contributed by atoms with E-state index < -0.39 is 0 Å². The smallest absolute Gasteiger partial charge is 0.0727 e. The number of nitrogens with zero attached hydrogens (tertiary/aromatic N) is 3. The lowest BCUT2D eigenvalue weighted by Crippen LogP contribution is -2.10. The summed E-state index contributed by atoms with van der Waals surface area (Å²) in [4.78, 5) is 7.31. The molecule has 0 atom stereocenters. The predicted molar refractivity (Wildman–Crippen MR) is 242 cm³/mol. The zero-order chi connectivity index (χ0) is 37.7. The number of fused-ring (bicyclic) bond motifs is 6. The molecule has 268 valence electrons. The van der Waals surface area contributed by atoms with Gasteiger partial charge in [0.15, 0.2) is 0 Å². The molecule has 0 spiro atoms. The van der Waals surface area contributed by atoms with Gasteiger partial charge in [-0.15, -0.1) is 11.3 Å². The molecule has 11 aromatic rings. The Balaban J connectivity index is 0.978. The molecule has 3 heterocycles. The quantitative estimate of drug-likeness (QED) is 0.162. The highest BCUT2D eigenvalue weighted by Gasteiger charge is 2.18. The van der Waals surface area contributed by atoms with Crippen LogP contribution in [0.4, 0.5) is 17.1 Å². The lowest BCUT2D eigenvalue weighted by molar-refractivity contribution is 1.19. The zero-order valence-electron chi connectivity index (χ0n) is 31.0. The molecule has 8 aromatic carbocycles. The van der Waals surface area contributed by atoms with Crippen LogP contribution in [-0.2, 0) is 0 Å². The van der Waals surface area contributed by atoms with Crippen molar-refractivity contribution in [2.45, 2.75) is 0 Å². The average molecular weight is 746 g/mol. The Labute approximate surface area is 335 Å². The molecule has 0 aliphatic heterocycles. The van der Waals surface area contributed by atoms with Crippen LogP contribution in [0.1, 0.15) is 0 Å². The van der Waals surface area contributed by atoms with E-state index >= 15 is 0 Å². The topological polar surface area (TPSA) is 21.1 Å². The lowest BCUT2D eigenvalue weighted by atomic mass is 10.0. The number of benzene rings is 8. The highest BCUT2D eigenvalue weighted by atomic mass is 32.1. The van der Waals surface area contributed by atoms with Crippen LogP contribution < -0.4 is 4.90 Å². The van der Waals surface area contributed by atoms with Crippen molar-refractivity contribution in [3.8, 4) is 39.2 Å². The van der Waals surface area contributed by atoms with Gasteiger partial charge in [-0.05, 0) is 95.1 Å². The summed E-state index contributed by atoms with van der Waals surface area (Å²) in [5.41, 5.74) is 14.7. The standard InChI is InChI=1S/C53H35N3S/c1-2-11-36(12-3-1)37-21-28-42(29-22-37)55(43-32-25-40(26-33-43)49-34-27-39-13-4-7-18-48(39)54-49)45-15-10-14-41(35-45)38-23-30-44(31-24-38)56-50-19-8-5-16-46(50)53-52(56)47-17-6-9-20-51(47)57-53/h1-35H. The first-order valence-electron chi connectivity index (χ1n) is 19.3. The van der Waals surface area contributed by atoms with Crippen molar-refractivity contribution in [2.24, 2.45) is 0 Å². The van der Waals surface area contributed by atoms with Gasteiger partial charge in [0.2, 0.25) is 0 Å². The molecule has 4 heteroatoms. The predicted octanol–water partition coefficient (Wildman–Crippen LogP) is 15.0. The summed E-state index contributed by atoms with van der Waals surface area (Å²) in [5, 5.41) is 3.73. The third kappa shape index (κ3) is 5.86. The van der Waals surface area contributed by atoms with Gasteiger partial charge in [0, 0.05) is 49.2 Å². The van der Waals surface area contributed by atoms with E-state index in [0.29, 0.717) is 0 Å². The van der Waals surface area contributed by atoms with Crippen molar-refractivity contribution in [1.82, 2.24) is 9.55 Å². The molecule has 0 fully saturated rings. The van der Waals surface area contributed by atoms with Gasteiger partial charge in [-0.2, -0.15) is 0 Å². The van der Waals surface area contributed by atoms with Crippen molar-refractivity contribution in [2.75, 3.05) is 4.90 Å². The zero-order valence-corrected chi connectivity index (χ0v) is 31.8. The molecule has 0 amide bonds. The Morgan fingerprint density at radius 1 is 0.421 bits per heavy atom. The van der Waals surface area contributed by atoms with Crippen molar-refractivity contribution in [1.29, 1.82) is 0 Å². The van der Waals surface area contributed by atoms with E-state index in [9.17, 15) is 0 Å². The molecule has 0 saturated carbocycles. The van der Waals surface area contributed by atoms with Gasteiger partial charge in [-0.3, -0.25) is 0 Å². The minimum Gasteiger partial charge on any atom is -0.310 e. The Morgan fingerprint density at radius 3 is 1.84 bits per heavy atom. The number of thiophene rings is 1. The van der Waals surface area contributed by atoms with Gasteiger partial charge in [-0.1, -0.05) is 140 Å². The summed E-state index contributed by atoms with van der Waals surface area (Å²) >= 11 is 1.88. The van der Waals surface area contributed by atoms with E-state index in [2.05, 4.69) is 216 Å². The third-order valence-electron chi connectivity index (χ3n) is 11.0. The van der Waals surface area contributed by atoms with Gasteiger partial charge < -0.3 is 9.47 Å². The van der Waals surface area contributed by atoms with Crippen molar-refractivity contribution >= 4 is 70.5 Å². The SMILES string of the molecule is c1ccc(-c2ccc(N(c3ccc(-c4ccc5ccccc5n4)cc3)c3cccc(-c4ccc(-n5c6ccccc6c6sc7ccccc7c65)cc4)c3)cc2)cc1. The van der Waals surface area contributed by atoms with Crippen LogP contribution in [0.2, 0.25) is 0 Å². The van der Waals surface area contributed by atoms with Crippen molar-refractivity contribution < 1.29 is 0 Å². The molecule has 11 rings (SSSR count). The van der Waals surface area contributed by atoms with Crippen LogP contribution in [0.3, 0.4) is 0 Å². The summed E-state index contributed by atoms with van der Waals surface area (Å²) in [6.45, 7) is 0. The molecule has 3 nitrogen and oxygen atoms in total. The van der Waals surface area contributed by atoms with Crippen LogP contribution >= 0.6 is 11.3 Å². The molecular weight excluding hydrogens is 711 g/mol. The summed E-state index contributed by atoms with van der Waals surface area (Å²) < 4.78 is 5.08. The first-order valence-corrected chi connectivity index (χ1v) is 20.1. The maximum Gasteiger partial charge on any atom is 0.0727 e. The number of pyridine rings is 1. The summed E-state index contributed by atoms with van der Waals surface area (Å²) in [6, 6.07) is 76.1. The molecule has 0 aliphatic rings. The molecular formula is C53H35N3S. The van der Waals surface area contributed by atoms with Crippen LogP contribution in [0, 0.1) is 0 Å². The molecule has 0 N–H and O–H groups in total. The van der Waals surface area contributed by atoms with E-state index in [1.165, 1.54) is 47.9 Å². The fourth-order valence-electron chi connectivity index (χ4n) is 8.20. The third-order valence-corrected chi connectivity index (χ3v) is 12.2. The van der Waals surface area contributed by atoms with Crippen molar-refractivity contribution in [3.63, 3.8) is 0 Å². The molecule has 3 aromatic heterocycles. The number of rotatable bonds is 7. The van der Waals surface area contributed by atoms with Crippen LogP contribution in [-0.4, -0.2) is 9.55 Å². The number of para-hydroxylation sites is 2. The van der Waals surface area contributed by atoms with E-state index in [-0.39, 0.29) is 0 Å². The van der Waals surface area contributed by atoms with E-state index in [1.54, 1.807) is 0 Å². The Bertz CT molecular complexity index is 3210. The fraction of sp³-hybridized carbons (Fsp3) is 0. The van der Waals surface area contributed by atoms with Gasteiger partial charge in [0.25, 0.3) is 0 Å². The maximum absolute atomic E-state index is 4.97.